The van der Waals surface area contributed by atoms with E-state index in [2.05, 4.69) is 17.6 Å². The molecule has 1 aliphatic heterocycles. The third-order valence-electron chi connectivity index (χ3n) is 4.98. The SMILES string of the molecule is C=CCn1c(=NC(=O)CSCC(=O)N2CCN(C(=O)OCC)CC2)sc2cc(C)ccc21. The average molecular weight is 477 g/mol. The first-order valence-corrected chi connectivity index (χ1v) is 12.5. The quantitative estimate of drug-likeness (QED) is 0.574. The Balaban J connectivity index is 1.54. The minimum Gasteiger partial charge on any atom is -0.450 e. The fraction of sp³-hybridized carbons (Fsp3) is 0.455. The summed E-state index contributed by atoms with van der Waals surface area (Å²) in [6.07, 6.45) is 1.44. The number of allylic oxidation sites excluding steroid dienone is 1. The number of thiazole rings is 1. The minimum atomic E-state index is -0.341. The van der Waals surface area contributed by atoms with Crippen molar-refractivity contribution >= 4 is 51.2 Å². The van der Waals surface area contributed by atoms with Crippen LogP contribution < -0.4 is 4.80 Å². The van der Waals surface area contributed by atoms with Crippen LogP contribution in [-0.2, 0) is 20.9 Å². The van der Waals surface area contributed by atoms with E-state index in [9.17, 15) is 14.4 Å². The Morgan fingerprint density at radius 1 is 1.19 bits per heavy atom. The summed E-state index contributed by atoms with van der Waals surface area (Å²) in [6.45, 7) is 10.4. The number of piperazine rings is 1. The summed E-state index contributed by atoms with van der Waals surface area (Å²) in [5, 5.41) is 0. The van der Waals surface area contributed by atoms with Crippen LogP contribution in [0.25, 0.3) is 10.2 Å². The number of thioether (sulfide) groups is 1. The maximum absolute atomic E-state index is 12.4. The van der Waals surface area contributed by atoms with Crippen LogP contribution in [0.15, 0.2) is 35.8 Å². The summed E-state index contributed by atoms with van der Waals surface area (Å²) in [6, 6.07) is 6.15. The van der Waals surface area contributed by atoms with Crippen LogP contribution >= 0.6 is 23.1 Å². The second-order valence-electron chi connectivity index (χ2n) is 7.32. The number of aryl methyl sites for hydroxylation is 1. The van der Waals surface area contributed by atoms with Crippen molar-refractivity contribution in [2.75, 3.05) is 44.3 Å². The Morgan fingerprint density at radius 2 is 1.91 bits per heavy atom. The van der Waals surface area contributed by atoms with Crippen molar-refractivity contribution in [3.05, 3.63) is 41.2 Å². The van der Waals surface area contributed by atoms with Gasteiger partial charge in [0.05, 0.1) is 28.3 Å². The monoisotopic (exact) mass is 476 g/mol. The highest BCUT2D eigenvalue weighted by Gasteiger charge is 2.24. The van der Waals surface area contributed by atoms with Crippen LogP contribution in [0.1, 0.15) is 12.5 Å². The van der Waals surface area contributed by atoms with Gasteiger partial charge in [-0.25, -0.2) is 4.79 Å². The van der Waals surface area contributed by atoms with Crippen LogP contribution in [0.5, 0.6) is 0 Å². The first-order valence-electron chi connectivity index (χ1n) is 10.5. The molecule has 1 aromatic carbocycles. The maximum Gasteiger partial charge on any atom is 0.409 e. The van der Waals surface area contributed by atoms with Gasteiger partial charge in [0, 0.05) is 32.7 Å². The van der Waals surface area contributed by atoms with E-state index in [1.54, 1.807) is 22.8 Å². The number of hydrogen-bond acceptors (Lipinski definition) is 6. The predicted molar refractivity (Wildman–Crippen MR) is 128 cm³/mol. The molecule has 3 rings (SSSR count). The molecule has 0 unspecified atom stereocenters. The van der Waals surface area contributed by atoms with Gasteiger partial charge in [0.15, 0.2) is 4.80 Å². The lowest BCUT2D eigenvalue weighted by molar-refractivity contribution is -0.129. The van der Waals surface area contributed by atoms with Crippen molar-refractivity contribution in [1.82, 2.24) is 14.4 Å². The largest absolute Gasteiger partial charge is 0.450 e. The van der Waals surface area contributed by atoms with E-state index in [0.29, 0.717) is 44.1 Å². The van der Waals surface area contributed by atoms with Crippen LogP contribution in [0.3, 0.4) is 0 Å². The van der Waals surface area contributed by atoms with Gasteiger partial charge in [0.1, 0.15) is 0 Å². The topological polar surface area (TPSA) is 84.2 Å². The standard InChI is InChI=1S/C22H28N4O4S2/c1-4-8-26-17-7-6-16(3)13-18(17)32-21(26)23-19(27)14-31-15-20(28)24-9-11-25(12-10-24)22(29)30-5-2/h4,6-7,13H,1,5,8-12,14-15H2,2-3H3. The summed E-state index contributed by atoms with van der Waals surface area (Å²) in [5.41, 5.74) is 2.18. The summed E-state index contributed by atoms with van der Waals surface area (Å²) < 4.78 is 8.04. The first kappa shape index (κ1) is 24.1. The number of fused-ring (bicyclic) bond motifs is 1. The second-order valence-corrected chi connectivity index (χ2v) is 9.31. The van der Waals surface area contributed by atoms with Gasteiger partial charge >= 0.3 is 6.09 Å². The van der Waals surface area contributed by atoms with E-state index in [1.807, 2.05) is 23.6 Å². The molecule has 0 aliphatic carbocycles. The summed E-state index contributed by atoms with van der Waals surface area (Å²) in [7, 11) is 0. The van der Waals surface area contributed by atoms with Crippen molar-refractivity contribution in [3.8, 4) is 0 Å². The van der Waals surface area contributed by atoms with Crippen molar-refractivity contribution in [2.24, 2.45) is 4.99 Å². The molecule has 2 heterocycles. The van der Waals surface area contributed by atoms with Crippen LogP contribution in [0, 0.1) is 6.92 Å². The number of carbonyl (C=O) groups excluding carboxylic acids is 3. The number of ether oxygens (including phenoxy) is 1. The number of nitrogens with zero attached hydrogens (tertiary/aromatic N) is 4. The molecule has 1 aromatic heterocycles. The molecule has 10 heteroatoms. The van der Waals surface area contributed by atoms with E-state index in [4.69, 9.17) is 4.74 Å². The number of hydrogen-bond donors (Lipinski definition) is 0. The van der Waals surface area contributed by atoms with E-state index >= 15 is 0 Å². The molecule has 32 heavy (non-hydrogen) atoms. The van der Waals surface area contributed by atoms with Gasteiger partial charge in [-0.2, -0.15) is 4.99 Å². The van der Waals surface area contributed by atoms with Gasteiger partial charge in [-0.3, -0.25) is 9.59 Å². The van der Waals surface area contributed by atoms with Crippen LogP contribution in [0.4, 0.5) is 4.79 Å². The number of amides is 3. The van der Waals surface area contributed by atoms with E-state index in [1.165, 1.54) is 23.1 Å². The Bertz CT molecular complexity index is 1070. The van der Waals surface area contributed by atoms with Gasteiger partial charge < -0.3 is 19.1 Å². The van der Waals surface area contributed by atoms with Crippen LogP contribution in [0.2, 0.25) is 0 Å². The Morgan fingerprint density at radius 3 is 2.59 bits per heavy atom. The summed E-state index contributed by atoms with van der Waals surface area (Å²) in [5.74, 6) is 0.0378. The third kappa shape index (κ3) is 6.01. The Kier molecular flexibility index (Phi) is 8.52. The molecule has 0 atom stereocenters. The third-order valence-corrected chi connectivity index (χ3v) is 6.92. The highest BCUT2D eigenvalue weighted by atomic mass is 32.2. The average Bonchev–Trinajstić information content (AvgIpc) is 3.10. The maximum atomic E-state index is 12.4. The molecule has 1 fully saturated rings. The highest BCUT2D eigenvalue weighted by Crippen LogP contribution is 2.19. The normalized spacial score (nSPS) is 14.6. The number of carbonyl (C=O) groups is 3. The van der Waals surface area contributed by atoms with Gasteiger partial charge in [0.25, 0.3) is 5.91 Å². The summed E-state index contributed by atoms with van der Waals surface area (Å²) >= 11 is 2.74. The van der Waals surface area contributed by atoms with Crippen molar-refractivity contribution in [1.29, 1.82) is 0 Å². The molecule has 172 valence electrons. The zero-order valence-corrected chi connectivity index (χ0v) is 20.0. The molecule has 3 amide bonds. The first-order chi connectivity index (χ1) is 15.4. The van der Waals surface area contributed by atoms with E-state index in [0.717, 1.165) is 15.8 Å². The molecule has 0 N–H and O–H groups in total. The second kappa shape index (κ2) is 11.3. The Hall–Kier alpha value is -2.59. The highest BCUT2D eigenvalue weighted by molar-refractivity contribution is 8.00. The van der Waals surface area contributed by atoms with Gasteiger partial charge in [-0.15, -0.1) is 18.3 Å². The molecule has 1 saturated heterocycles. The Labute approximate surface area is 195 Å². The lowest BCUT2D eigenvalue weighted by atomic mass is 10.2. The van der Waals surface area contributed by atoms with E-state index in [-0.39, 0.29) is 29.4 Å². The fourth-order valence-corrected chi connectivity index (χ4v) is 5.23. The molecule has 0 radical (unpaired) electrons. The lowest BCUT2D eigenvalue weighted by Gasteiger charge is -2.34. The van der Waals surface area contributed by atoms with Gasteiger partial charge in [0.2, 0.25) is 5.91 Å². The molecular weight excluding hydrogens is 448 g/mol. The van der Waals surface area contributed by atoms with Gasteiger partial charge in [-0.05, 0) is 31.5 Å². The number of rotatable bonds is 7. The number of aromatic nitrogens is 1. The molecule has 0 bridgehead atoms. The zero-order chi connectivity index (χ0) is 23.1. The molecule has 0 saturated carbocycles. The number of benzene rings is 1. The van der Waals surface area contributed by atoms with E-state index < -0.39 is 0 Å². The van der Waals surface area contributed by atoms with Crippen molar-refractivity contribution in [2.45, 2.75) is 20.4 Å². The lowest BCUT2D eigenvalue weighted by Crippen LogP contribution is -2.51. The molecule has 2 aromatic rings. The zero-order valence-electron chi connectivity index (χ0n) is 18.4. The van der Waals surface area contributed by atoms with Crippen molar-refractivity contribution in [3.63, 3.8) is 0 Å². The van der Waals surface area contributed by atoms with Crippen molar-refractivity contribution < 1.29 is 19.1 Å². The summed E-state index contributed by atoms with van der Waals surface area (Å²) in [4.78, 5) is 44.9. The smallest absolute Gasteiger partial charge is 0.409 e. The van der Waals surface area contributed by atoms with Crippen LogP contribution in [-0.4, -0.2) is 76.6 Å². The fourth-order valence-electron chi connectivity index (χ4n) is 3.38. The molecule has 8 nitrogen and oxygen atoms in total. The minimum absolute atomic E-state index is 0.0367. The molecule has 0 spiro atoms. The molecule has 1 aliphatic rings. The predicted octanol–water partition coefficient (Wildman–Crippen LogP) is 2.66. The molecular formula is C22H28N4O4S2. The van der Waals surface area contributed by atoms with Gasteiger partial charge in [-0.1, -0.05) is 23.5 Å².